The number of aryl methyl sites for hydroxylation is 2. The smallest absolute Gasteiger partial charge is 0.255 e. The number of amides is 1. The summed E-state index contributed by atoms with van der Waals surface area (Å²) in [6, 6.07) is 0. The Hall–Kier alpha value is -1.32. The quantitative estimate of drug-likeness (QED) is 0.675. The predicted octanol–water partition coefficient (Wildman–Crippen LogP) is 0.590. The molecule has 0 unspecified atom stereocenters. The number of carbonyl (C=O) groups is 1. The molecule has 0 aliphatic carbocycles. The lowest BCUT2D eigenvalue weighted by Gasteiger charge is -2.00. The van der Waals surface area contributed by atoms with Crippen LogP contribution in [0.5, 0.6) is 0 Å². The van der Waals surface area contributed by atoms with Crippen molar-refractivity contribution in [1.29, 1.82) is 0 Å². The van der Waals surface area contributed by atoms with E-state index in [1.54, 1.807) is 6.92 Å². The van der Waals surface area contributed by atoms with Gasteiger partial charge in [0.1, 0.15) is 0 Å². The van der Waals surface area contributed by atoms with Crippen molar-refractivity contribution in [1.82, 2.24) is 15.5 Å². The molecule has 1 aromatic heterocycles. The van der Waals surface area contributed by atoms with E-state index in [-0.39, 0.29) is 5.91 Å². The summed E-state index contributed by atoms with van der Waals surface area (Å²) in [5.74, 6) is -0.117. The summed E-state index contributed by atoms with van der Waals surface area (Å²) < 4.78 is 0. The molecule has 2 N–H and O–H groups in total. The van der Waals surface area contributed by atoms with Gasteiger partial charge in [-0.1, -0.05) is 0 Å². The molecule has 65 valence electrons. The average molecular weight is 166 g/mol. The molecule has 4 nitrogen and oxygen atoms in total. The van der Waals surface area contributed by atoms with E-state index in [0.29, 0.717) is 12.1 Å². The van der Waals surface area contributed by atoms with Crippen molar-refractivity contribution in [2.45, 2.75) is 13.8 Å². The Morgan fingerprint density at radius 2 is 2.33 bits per heavy atom. The second kappa shape index (κ2) is 3.38. The lowest BCUT2D eigenvalue weighted by molar-refractivity contribution is 0.0956. The number of rotatable bonds is 2. The summed E-state index contributed by atoms with van der Waals surface area (Å²) in [6.45, 7) is 7.53. The summed E-state index contributed by atoms with van der Waals surface area (Å²) in [7, 11) is 0. The van der Waals surface area contributed by atoms with Gasteiger partial charge in [-0.25, -0.2) is 0 Å². The normalized spacial score (nSPS) is 9.92. The van der Waals surface area contributed by atoms with Gasteiger partial charge in [-0.3, -0.25) is 9.89 Å². The Morgan fingerprint density at radius 3 is 2.75 bits per heavy atom. The van der Waals surface area contributed by atoms with Crippen LogP contribution in [0.15, 0.2) is 0 Å². The number of nitrogens with zero attached hydrogens (tertiary/aromatic N) is 1. The van der Waals surface area contributed by atoms with Gasteiger partial charge in [0.15, 0.2) is 0 Å². The summed E-state index contributed by atoms with van der Waals surface area (Å²) in [5, 5.41) is 9.28. The molecule has 1 rings (SSSR count). The standard InChI is InChI=1S/C8H12N3O/c1-4-9-8(12)7-5(2)10-11-6(7)3/h1,4H2,2-3H3,(H,9,12)(H,10,11). The maximum absolute atomic E-state index is 11.3. The molecule has 1 radical (unpaired) electrons. The first-order chi connectivity index (χ1) is 5.66. The predicted molar refractivity (Wildman–Crippen MR) is 45.8 cm³/mol. The van der Waals surface area contributed by atoms with Crippen LogP contribution in [0.25, 0.3) is 0 Å². The molecule has 0 aromatic carbocycles. The van der Waals surface area contributed by atoms with Gasteiger partial charge in [0.05, 0.1) is 11.3 Å². The van der Waals surface area contributed by atoms with Crippen molar-refractivity contribution in [2.75, 3.05) is 6.54 Å². The van der Waals surface area contributed by atoms with Crippen molar-refractivity contribution in [3.05, 3.63) is 23.9 Å². The Labute approximate surface area is 71.4 Å². The van der Waals surface area contributed by atoms with Gasteiger partial charge in [-0.15, -0.1) is 0 Å². The van der Waals surface area contributed by atoms with Crippen LogP contribution in [0.4, 0.5) is 0 Å². The Bertz CT molecular complexity index is 271. The number of hydrogen-bond donors (Lipinski definition) is 2. The minimum absolute atomic E-state index is 0.117. The second-order valence-electron chi connectivity index (χ2n) is 2.56. The first kappa shape index (κ1) is 8.77. The molecule has 0 bridgehead atoms. The minimum atomic E-state index is -0.117. The first-order valence-corrected chi connectivity index (χ1v) is 3.75. The van der Waals surface area contributed by atoms with Crippen molar-refractivity contribution in [3.8, 4) is 0 Å². The van der Waals surface area contributed by atoms with Crippen LogP contribution >= 0.6 is 0 Å². The van der Waals surface area contributed by atoms with Gasteiger partial charge < -0.3 is 5.32 Å². The molecule has 0 fully saturated rings. The lowest BCUT2D eigenvalue weighted by Crippen LogP contribution is -2.23. The molecule has 0 aliphatic rings. The summed E-state index contributed by atoms with van der Waals surface area (Å²) in [6.07, 6.45) is 0. The van der Waals surface area contributed by atoms with E-state index in [9.17, 15) is 4.79 Å². The van der Waals surface area contributed by atoms with Crippen molar-refractivity contribution in [3.63, 3.8) is 0 Å². The molecule has 0 saturated carbocycles. The van der Waals surface area contributed by atoms with E-state index in [1.807, 2.05) is 6.92 Å². The molecule has 0 aliphatic heterocycles. The highest BCUT2D eigenvalue weighted by molar-refractivity contribution is 5.96. The van der Waals surface area contributed by atoms with Crippen molar-refractivity contribution < 1.29 is 4.79 Å². The molecular weight excluding hydrogens is 154 g/mol. The highest BCUT2D eigenvalue weighted by Gasteiger charge is 2.13. The monoisotopic (exact) mass is 166 g/mol. The maximum Gasteiger partial charge on any atom is 0.255 e. The van der Waals surface area contributed by atoms with Gasteiger partial charge in [-0.2, -0.15) is 5.10 Å². The molecule has 4 heteroatoms. The SMILES string of the molecule is [CH2]CNC(=O)c1c(C)n[nH]c1C. The van der Waals surface area contributed by atoms with Crippen LogP contribution in [0.2, 0.25) is 0 Å². The third-order valence-electron chi connectivity index (χ3n) is 1.64. The first-order valence-electron chi connectivity index (χ1n) is 3.75. The van der Waals surface area contributed by atoms with Crippen LogP contribution in [-0.2, 0) is 0 Å². The zero-order valence-electron chi connectivity index (χ0n) is 7.27. The number of carbonyl (C=O) groups excluding carboxylic acids is 1. The van der Waals surface area contributed by atoms with E-state index in [4.69, 9.17) is 0 Å². The van der Waals surface area contributed by atoms with Gasteiger partial charge >= 0.3 is 0 Å². The average Bonchev–Trinajstić information content (AvgIpc) is 2.32. The molecule has 0 spiro atoms. The number of H-pyrrole nitrogens is 1. The van der Waals surface area contributed by atoms with Gasteiger partial charge in [0, 0.05) is 12.2 Å². The summed E-state index contributed by atoms with van der Waals surface area (Å²) >= 11 is 0. The second-order valence-corrected chi connectivity index (χ2v) is 2.56. The molecule has 1 aromatic rings. The lowest BCUT2D eigenvalue weighted by atomic mass is 10.2. The fourth-order valence-corrected chi connectivity index (χ4v) is 1.09. The molecule has 0 saturated heterocycles. The largest absolute Gasteiger partial charge is 0.352 e. The van der Waals surface area contributed by atoms with E-state index in [2.05, 4.69) is 22.4 Å². The highest BCUT2D eigenvalue weighted by Crippen LogP contribution is 2.08. The fraction of sp³-hybridized carbons (Fsp3) is 0.375. The topological polar surface area (TPSA) is 57.8 Å². The zero-order chi connectivity index (χ0) is 9.14. The van der Waals surface area contributed by atoms with Crippen LogP contribution in [0, 0.1) is 20.8 Å². The van der Waals surface area contributed by atoms with Crippen molar-refractivity contribution >= 4 is 5.91 Å². The molecule has 0 atom stereocenters. The van der Waals surface area contributed by atoms with Gasteiger partial charge in [-0.05, 0) is 20.8 Å². The number of hydrogen-bond acceptors (Lipinski definition) is 2. The number of nitrogens with one attached hydrogen (secondary N) is 2. The Balaban J connectivity index is 2.93. The van der Waals surface area contributed by atoms with E-state index in [0.717, 1.165) is 11.4 Å². The van der Waals surface area contributed by atoms with Gasteiger partial charge in [0.25, 0.3) is 5.91 Å². The number of aromatic amines is 1. The minimum Gasteiger partial charge on any atom is -0.352 e. The fourth-order valence-electron chi connectivity index (χ4n) is 1.09. The van der Waals surface area contributed by atoms with Crippen LogP contribution in [-0.4, -0.2) is 22.6 Å². The molecule has 12 heavy (non-hydrogen) atoms. The zero-order valence-corrected chi connectivity index (χ0v) is 7.27. The third kappa shape index (κ3) is 1.47. The van der Waals surface area contributed by atoms with Crippen LogP contribution < -0.4 is 5.32 Å². The molecule has 1 heterocycles. The van der Waals surface area contributed by atoms with E-state index < -0.39 is 0 Å². The summed E-state index contributed by atoms with van der Waals surface area (Å²) in [4.78, 5) is 11.3. The van der Waals surface area contributed by atoms with Gasteiger partial charge in [0.2, 0.25) is 0 Å². The van der Waals surface area contributed by atoms with Crippen LogP contribution in [0.1, 0.15) is 21.7 Å². The van der Waals surface area contributed by atoms with E-state index in [1.165, 1.54) is 0 Å². The highest BCUT2D eigenvalue weighted by atomic mass is 16.1. The van der Waals surface area contributed by atoms with E-state index >= 15 is 0 Å². The molecular formula is C8H12N3O. The Kier molecular flexibility index (Phi) is 2.47. The third-order valence-corrected chi connectivity index (χ3v) is 1.64. The van der Waals surface area contributed by atoms with Crippen LogP contribution in [0.3, 0.4) is 0 Å². The molecule has 1 amide bonds. The maximum atomic E-state index is 11.3. The number of aromatic nitrogens is 2. The van der Waals surface area contributed by atoms with Crippen molar-refractivity contribution in [2.24, 2.45) is 0 Å². The summed E-state index contributed by atoms with van der Waals surface area (Å²) in [5.41, 5.74) is 2.13. The Morgan fingerprint density at radius 1 is 1.67 bits per heavy atom.